The van der Waals surface area contributed by atoms with Crippen LogP contribution < -0.4 is 5.32 Å². The minimum Gasteiger partial charge on any atom is -0.475 e. The maximum atomic E-state index is 13.3. The van der Waals surface area contributed by atoms with Crippen molar-refractivity contribution in [2.75, 3.05) is 32.7 Å². The van der Waals surface area contributed by atoms with E-state index in [0.29, 0.717) is 13.0 Å². The molecule has 2 fully saturated rings. The Morgan fingerprint density at radius 3 is 2.06 bits per heavy atom. The minimum absolute atomic E-state index is 0.0850. The largest absolute Gasteiger partial charge is 0.490 e. The van der Waals surface area contributed by atoms with Crippen LogP contribution in [0.2, 0.25) is 0 Å². The molecular weight excluding hydrogens is 451 g/mol. The van der Waals surface area contributed by atoms with Crippen molar-refractivity contribution >= 4 is 17.8 Å². The minimum atomic E-state index is -5.08. The Morgan fingerprint density at radius 1 is 1.03 bits per heavy atom. The summed E-state index contributed by atoms with van der Waals surface area (Å²) in [5, 5.41) is 10.4. The third-order valence-corrected chi connectivity index (χ3v) is 6.02. The molecule has 10 heteroatoms. The van der Waals surface area contributed by atoms with Crippen molar-refractivity contribution in [2.24, 2.45) is 0 Å². The van der Waals surface area contributed by atoms with Gasteiger partial charge in [0.2, 0.25) is 5.91 Å². The maximum Gasteiger partial charge on any atom is 0.490 e. The Bertz CT molecular complexity index is 828. The van der Waals surface area contributed by atoms with Crippen molar-refractivity contribution in [3.05, 3.63) is 34.9 Å². The summed E-state index contributed by atoms with van der Waals surface area (Å²) < 4.78 is 31.7. The molecule has 0 unspecified atom stereocenters. The molecule has 0 atom stereocenters. The molecular formula is C24H34F3N3O4. The van der Waals surface area contributed by atoms with Crippen LogP contribution in [0.3, 0.4) is 0 Å². The van der Waals surface area contributed by atoms with E-state index in [0.717, 1.165) is 55.7 Å². The normalized spacial score (nSPS) is 16.9. The molecule has 34 heavy (non-hydrogen) atoms. The average molecular weight is 486 g/mol. The van der Waals surface area contributed by atoms with Gasteiger partial charge in [0, 0.05) is 50.7 Å². The maximum absolute atomic E-state index is 13.3. The zero-order valence-corrected chi connectivity index (χ0v) is 19.8. The lowest BCUT2D eigenvalue weighted by atomic mass is 9.93. The number of hydrogen-bond acceptors (Lipinski definition) is 4. The lowest BCUT2D eigenvalue weighted by molar-refractivity contribution is -0.192. The Hall–Kier alpha value is -2.62. The third kappa shape index (κ3) is 8.62. The lowest BCUT2D eigenvalue weighted by Gasteiger charge is -2.35. The molecule has 1 saturated heterocycles. The van der Waals surface area contributed by atoms with Crippen LogP contribution in [0.1, 0.15) is 60.0 Å². The van der Waals surface area contributed by atoms with Gasteiger partial charge in [-0.15, -0.1) is 0 Å². The monoisotopic (exact) mass is 485 g/mol. The van der Waals surface area contributed by atoms with Gasteiger partial charge in [0.15, 0.2) is 0 Å². The zero-order valence-electron chi connectivity index (χ0n) is 19.8. The van der Waals surface area contributed by atoms with Gasteiger partial charge >= 0.3 is 12.1 Å². The van der Waals surface area contributed by atoms with E-state index in [1.165, 1.54) is 19.3 Å². The number of aryl methyl sites for hydroxylation is 2. The van der Waals surface area contributed by atoms with E-state index in [2.05, 4.69) is 11.4 Å². The third-order valence-electron chi connectivity index (χ3n) is 6.02. The van der Waals surface area contributed by atoms with Gasteiger partial charge in [-0.25, -0.2) is 4.79 Å². The molecule has 1 heterocycles. The first-order valence-electron chi connectivity index (χ1n) is 11.7. The number of nitrogens with one attached hydrogen (secondary N) is 1. The molecule has 1 aromatic rings. The zero-order chi connectivity index (χ0) is 25.3. The van der Waals surface area contributed by atoms with Gasteiger partial charge in [0.1, 0.15) is 0 Å². The second-order valence-corrected chi connectivity index (χ2v) is 8.85. The van der Waals surface area contributed by atoms with E-state index in [4.69, 9.17) is 9.90 Å². The molecule has 7 nitrogen and oxygen atoms in total. The van der Waals surface area contributed by atoms with Gasteiger partial charge in [-0.05, 0) is 38.8 Å². The van der Waals surface area contributed by atoms with Gasteiger partial charge in [-0.2, -0.15) is 13.2 Å². The number of amides is 2. The van der Waals surface area contributed by atoms with E-state index >= 15 is 0 Å². The van der Waals surface area contributed by atoms with Crippen molar-refractivity contribution in [1.29, 1.82) is 0 Å². The number of alkyl halides is 3. The van der Waals surface area contributed by atoms with Crippen molar-refractivity contribution in [2.45, 2.75) is 64.6 Å². The highest BCUT2D eigenvalue weighted by Gasteiger charge is 2.38. The first-order chi connectivity index (χ1) is 16.0. The van der Waals surface area contributed by atoms with E-state index in [9.17, 15) is 22.8 Å². The fourth-order valence-electron chi connectivity index (χ4n) is 4.40. The van der Waals surface area contributed by atoms with Crippen molar-refractivity contribution < 1.29 is 32.7 Å². The van der Waals surface area contributed by atoms with Crippen molar-refractivity contribution in [3.8, 4) is 0 Å². The molecule has 190 valence electrons. The molecule has 1 aliphatic heterocycles. The van der Waals surface area contributed by atoms with Crippen LogP contribution >= 0.6 is 0 Å². The van der Waals surface area contributed by atoms with Crippen LogP contribution in [0.15, 0.2) is 18.2 Å². The molecule has 1 aromatic carbocycles. The highest BCUT2D eigenvalue weighted by Crippen LogP contribution is 2.25. The predicted octanol–water partition coefficient (Wildman–Crippen LogP) is 3.53. The van der Waals surface area contributed by atoms with Crippen LogP contribution in [0.25, 0.3) is 0 Å². The number of piperazine rings is 1. The smallest absolute Gasteiger partial charge is 0.475 e. The summed E-state index contributed by atoms with van der Waals surface area (Å²) in [5.74, 6) is -2.50. The number of carboxylic acids is 1. The fourth-order valence-corrected chi connectivity index (χ4v) is 4.40. The summed E-state index contributed by atoms with van der Waals surface area (Å²) in [5.41, 5.74) is 2.98. The molecule has 2 amide bonds. The number of benzene rings is 1. The summed E-state index contributed by atoms with van der Waals surface area (Å²) in [4.78, 5) is 38.8. The first-order valence-corrected chi connectivity index (χ1v) is 11.7. The van der Waals surface area contributed by atoms with Crippen LogP contribution in [0.4, 0.5) is 13.2 Å². The Labute approximate surface area is 198 Å². The quantitative estimate of drug-likeness (QED) is 0.666. The highest BCUT2D eigenvalue weighted by molar-refractivity contribution is 5.95. The fraction of sp³-hybridized carbons (Fsp3) is 0.625. The molecule has 0 aromatic heterocycles. The van der Waals surface area contributed by atoms with E-state index in [-0.39, 0.29) is 17.9 Å². The molecule has 1 saturated carbocycles. The van der Waals surface area contributed by atoms with E-state index in [1.807, 2.05) is 35.8 Å². The van der Waals surface area contributed by atoms with Crippen molar-refractivity contribution in [3.63, 3.8) is 0 Å². The molecule has 3 rings (SSSR count). The average Bonchev–Trinajstić information content (AvgIpc) is 2.79. The summed E-state index contributed by atoms with van der Waals surface area (Å²) in [6, 6.07) is 6.31. The number of hydrogen-bond donors (Lipinski definition) is 2. The van der Waals surface area contributed by atoms with Gasteiger partial charge in [0.25, 0.3) is 5.91 Å². The molecule has 0 bridgehead atoms. The van der Waals surface area contributed by atoms with Gasteiger partial charge in [-0.1, -0.05) is 36.5 Å². The highest BCUT2D eigenvalue weighted by atomic mass is 19.4. The molecule has 0 spiro atoms. The summed E-state index contributed by atoms with van der Waals surface area (Å²) in [7, 11) is 0. The van der Waals surface area contributed by atoms with E-state index < -0.39 is 12.1 Å². The first kappa shape index (κ1) is 27.6. The number of carbonyl (C=O) groups excluding carboxylic acids is 2. The second-order valence-electron chi connectivity index (χ2n) is 8.85. The van der Waals surface area contributed by atoms with Crippen LogP contribution in [-0.4, -0.2) is 77.6 Å². The van der Waals surface area contributed by atoms with E-state index in [1.54, 1.807) is 0 Å². The Balaban J connectivity index is 0.000000509. The molecule has 2 aliphatic rings. The van der Waals surface area contributed by atoms with Crippen LogP contribution in [-0.2, 0) is 9.59 Å². The SMILES string of the molecule is Cc1cc(C)cc(C(=O)N(CCC(=O)N2CCNCC2)C2CCCCC2)c1.O=C(O)C(F)(F)F. The predicted molar refractivity (Wildman–Crippen MR) is 122 cm³/mol. The standard InChI is InChI=1S/C22H33N3O2.C2HF3O2/c1-17-14-18(2)16-19(15-17)22(27)25(20-6-4-3-5-7-20)11-8-21(26)24-12-9-23-10-13-24;3-2(4,5)1(6)7/h14-16,20,23H,3-13H2,1-2H3;(H,6,7). The summed E-state index contributed by atoms with van der Waals surface area (Å²) >= 11 is 0. The summed E-state index contributed by atoms with van der Waals surface area (Å²) in [6.45, 7) is 7.85. The molecule has 2 N–H and O–H groups in total. The van der Waals surface area contributed by atoms with Gasteiger partial charge in [-0.3, -0.25) is 9.59 Å². The number of rotatable bonds is 5. The number of halogens is 3. The van der Waals surface area contributed by atoms with Gasteiger partial charge < -0.3 is 20.2 Å². The van der Waals surface area contributed by atoms with Crippen LogP contribution in [0, 0.1) is 13.8 Å². The number of carbonyl (C=O) groups is 3. The topological polar surface area (TPSA) is 90.0 Å². The molecule has 0 radical (unpaired) electrons. The van der Waals surface area contributed by atoms with Gasteiger partial charge in [0.05, 0.1) is 0 Å². The molecule has 1 aliphatic carbocycles. The van der Waals surface area contributed by atoms with Crippen molar-refractivity contribution in [1.82, 2.24) is 15.1 Å². The summed E-state index contributed by atoms with van der Waals surface area (Å²) in [6.07, 6.45) is 1.05. The number of carboxylic acid groups (broad SMARTS) is 1. The lowest BCUT2D eigenvalue weighted by Crippen LogP contribution is -2.48. The number of aliphatic carboxylic acids is 1. The Kier molecular flexibility index (Phi) is 10.3. The number of nitrogens with zero attached hydrogens (tertiary/aromatic N) is 2. The Morgan fingerprint density at radius 2 is 1.56 bits per heavy atom. The second kappa shape index (κ2) is 12.7. The van der Waals surface area contributed by atoms with Crippen LogP contribution in [0.5, 0.6) is 0 Å².